The summed E-state index contributed by atoms with van der Waals surface area (Å²) in [5.74, 6) is -1.95. The van der Waals surface area contributed by atoms with Crippen LogP contribution < -0.4 is 10.5 Å². The van der Waals surface area contributed by atoms with Crippen LogP contribution in [-0.2, 0) is 0 Å². The van der Waals surface area contributed by atoms with Crippen LogP contribution in [0.2, 0.25) is 0 Å². The number of rotatable bonds is 1. The number of anilines is 1. The number of nitrogen functional groups attached to an aromatic ring is 1. The van der Waals surface area contributed by atoms with Crippen molar-refractivity contribution >= 4 is 28.3 Å². The topological polar surface area (TPSA) is 48.1 Å². The van der Waals surface area contributed by atoms with Gasteiger partial charge in [-0.15, -0.1) is 13.2 Å². The highest BCUT2D eigenvalue weighted by Crippen LogP contribution is 2.29. The van der Waals surface area contributed by atoms with Crippen LogP contribution in [0.4, 0.5) is 23.2 Å². The average molecular weight is 322 g/mol. The van der Waals surface area contributed by atoms with E-state index in [1.807, 2.05) is 0 Å². The maximum atomic E-state index is 12.9. The van der Waals surface area contributed by atoms with Crippen LogP contribution >= 0.6 is 22.6 Å². The predicted molar refractivity (Wildman–Crippen MR) is 48.0 cm³/mol. The number of alkyl halides is 3. The second-order valence-electron chi connectivity index (χ2n) is 2.19. The Labute approximate surface area is 89.4 Å². The van der Waals surface area contributed by atoms with E-state index in [2.05, 4.69) is 9.72 Å². The highest BCUT2D eigenvalue weighted by molar-refractivity contribution is 14.1. The number of pyridine rings is 1. The Hall–Kier alpha value is -0.800. The average Bonchev–Trinajstić information content (AvgIpc) is 2.04. The summed E-state index contributed by atoms with van der Waals surface area (Å²) in [6.45, 7) is 0. The van der Waals surface area contributed by atoms with Gasteiger partial charge in [-0.05, 0) is 22.6 Å². The van der Waals surface area contributed by atoms with Crippen LogP contribution in [0.15, 0.2) is 6.20 Å². The molecule has 2 N–H and O–H groups in total. The fourth-order valence-electron chi connectivity index (χ4n) is 0.655. The van der Waals surface area contributed by atoms with E-state index < -0.39 is 23.7 Å². The second kappa shape index (κ2) is 3.75. The van der Waals surface area contributed by atoms with Gasteiger partial charge in [0.25, 0.3) is 0 Å². The van der Waals surface area contributed by atoms with Crippen LogP contribution in [0.1, 0.15) is 0 Å². The zero-order valence-corrected chi connectivity index (χ0v) is 8.56. The molecule has 78 valence electrons. The molecule has 3 nitrogen and oxygen atoms in total. The number of aromatic nitrogens is 1. The zero-order chi connectivity index (χ0) is 10.9. The number of hydrogen-bond acceptors (Lipinski definition) is 3. The van der Waals surface area contributed by atoms with Crippen molar-refractivity contribution in [1.82, 2.24) is 4.98 Å². The fraction of sp³-hybridized carbons (Fsp3) is 0.167. The fourth-order valence-corrected chi connectivity index (χ4v) is 1.08. The molecule has 1 rings (SSSR count). The first-order valence-electron chi connectivity index (χ1n) is 3.16. The monoisotopic (exact) mass is 322 g/mol. The van der Waals surface area contributed by atoms with E-state index in [0.717, 1.165) is 6.20 Å². The first-order valence-corrected chi connectivity index (χ1v) is 4.24. The van der Waals surface area contributed by atoms with Crippen molar-refractivity contribution < 1.29 is 22.3 Å². The number of halogens is 5. The normalized spacial score (nSPS) is 11.5. The molecule has 0 amide bonds. The van der Waals surface area contributed by atoms with Gasteiger partial charge in [-0.3, -0.25) is 0 Å². The summed E-state index contributed by atoms with van der Waals surface area (Å²) in [7, 11) is 0. The van der Waals surface area contributed by atoms with E-state index in [0.29, 0.717) is 0 Å². The van der Waals surface area contributed by atoms with Gasteiger partial charge in [-0.1, -0.05) is 0 Å². The number of ether oxygens (including phenoxy) is 1. The third kappa shape index (κ3) is 2.59. The molecule has 14 heavy (non-hydrogen) atoms. The Kier molecular flexibility index (Phi) is 3.02. The molecule has 0 aliphatic carbocycles. The lowest BCUT2D eigenvalue weighted by atomic mass is 10.4. The molecule has 1 aromatic rings. The van der Waals surface area contributed by atoms with Gasteiger partial charge in [-0.25, -0.2) is 9.37 Å². The Morgan fingerprint density at radius 1 is 1.43 bits per heavy atom. The van der Waals surface area contributed by atoms with E-state index in [9.17, 15) is 17.6 Å². The minimum atomic E-state index is -4.93. The number of nitrogens with two attached hydrogens (primary N) is 1. The molecule has 0 radical (unpaired) electrons. The largest absolute Gasteiger partial charge is 0.574 e. The molecule has 0 aliphatic rings. The summed E-state index contributed by atoms with van der Waals surface area (Å²) >= 11 is 1.55. The van der Waals surface area contributed by atoms with Crippen LogP contribution in [0.25, 0.3) is 0 Å². The minimum absolute atomic E-state index is 0.0228. The van der Waals surface area contributed by atoms with Gasteiger partial charge in [0.15, 0.2) is 5.82 Å². The molecular formula is C6H3F4IN2O. The highest BCUT2D eigenvalue weighted by Gasteiger charge is 2.33. The highest BCUT2D eigenvalue weighted by atomic mass is 127. The molecule has 8 heteroatoms. The molecule has 0 unspecified atom stereocenters. The van der Waals surface area contributed by atoms with Crippen molar-refractivity contribution in [2.24, 2.45) is 0 Å². The molecule has 0 aliphatic heterocycles. The summed E-state index contributed by atoms with van der Waals surface area (Å²) in [6, 6.07) is 0. The first kappa shape index (κ1) is 11.3. The van der Waals surface area contributed by atoms with Gasteiger partial charge >= 0.3 is 6.36 Å². The van der Waals surface area contributed by atoms with Crippen LogP contribution in [0.5, 0.6) is 5.88 Å². The third-order valence-corrected chi connectivity index (χ3v) is 1.94. The lowest BCUT2D eigenvalue weighted by Gasteiger charge is -2.10. The Balaban J connectivity index is 3.06. The zero-order valence-electron chi connectivity index (χ0n) is 6.40. The quantitative estimate of drug-likeness (QED) is 0.638. The Bertz CT molecular complexity index is 354. The molecule has 1 heterocycles. The predicted octanol–water partition coefficient (Wildman–Crippen LogP) is 2.31. The number of nitrogens with zero attached hydrogens (tertiary/aromatic N) is 1. The van der Waals surface area contributed by atoms with Gasteiger partial charge < -0.3 is 10.5 Å². The molecule has 0 atom stereocenters. The molecule has 0 aromatic carbocycles. The van der Waals surface area contributed by atoms with Crippen molar-refractivity contribution in [3.63, 3.8) is 0 Å². The van der Waals surface area contributed by atoms with Gasteiger partial charge in [0.2, 0.25) is 5.88 Å². The van der Waals surface area contributed by atoms with Crippen molar-refractivity contribution in [2.75, 3.05) is 5.73 Å². The maximum Gasteiger partial charge on any atom is 0.574 e. The Morgan fingerprint density at radius 2 is 2.00 bits per heavy atom. The Morgan fingerprint density at radius 3 is 2.50 bits per heavy atom. The molecular weight excluding hydrogens is 319 g/mol. The molecule has 0 bridgehead atoms. The molecule has 0 saturated carbocycles. The summed E-state index contributed by atoms with van der Waals surface area (Å²) in [6.07, 6.45) is -4.03. The lowest BCUT2D eigenvalue weighted by molar-refractivity contribution is -0.275. The van der Waals surface area contributed by atoms with Gasteiger partial charge in [0.1, 0.15) is 5.69 Å². The van der Waals surface area contributed by atoms with E-state index >= 15 is 0 Å². The standard InChI is InChI=1S/C6H3F4IN2O/c7-3-2(11)1-13-5(4(3)12)14-6(8,9)10/h1H,12H2. The SMILES string of the molecule is Nc1c(OC(F)(F)F)ncc(I)c1F. The second-order valence-corrected chi connectivity index (χ2v) is 3.35. The van der Waals surface area contributed by atoms with Gasteiger partial charge in [-0.2, -0.15) is 0 Å². The molecule has 0 spiro atoms. The molecule has 0 fully saturated rings. The molecule has 0 saturated heterocycles. The summed E-state index contributed by atoms with van der Waals surface area (Å²) in [4.78, 5) is 3.21. The van der Waals surface area contributed by atoms with Crippen LogP contribution in [0.3, 0.4) is 0 Å². The lowest BCUT2D eigenvalue weighted by Crippen LogP contribution is -2.19. The van der Waals surface area contributed by atoms with Gasteiger partial charge in [0, 0.05) is 6.20 Å². The van der Waals surface area contributed by atoms with Crippen LogP contribution in [0, 0.1) is 9.39 Å². The third-order valence-electron chi connectivity index (χ3n) is 1.18. The molecule has 1 aromatic heterocycles. The first-order chi connectivity index (χ1) is 6.31. The van der Waals surface area contributed by atoms with E-state index in [1.165, 1.54) is 0 Å². The van der Waals surface area contributed by atoms with Crippen molar-refractivity contribution in [2.45, 2.75) is 6.36 Å². The van der Waals surface area contributed by atoms with E-state index in [4.69, 9.17) is 5.73 Å². The summed E-state index contributed by atoms with van der Waals surface area (Å²) in [5.41, 5.74) is 4.27. The summed E-state index contributed by atoms with van der Waals surface area (Å²) in [5, 5.41) is 0. The minimum Gasteiger partial charge on any atom is -0.392 e. The smallest absolute Gasteiger partial charge is 0.392 e. The van der Waals surface area contributed by atoms with E-state index in [-0.39, 0.29) is 3.57 Å². The van der Waals surface area contributed by atoms with Crippen molar-refractivity contribution in [1.29, 1.82) is 0 Å². The van der Waals surface area contributed by atoms with Crippen molar-refractivity contribution in [3.05, 3.63) is 15.6 Å². The van der Waals surface area contributed by atoms with Crippen molar-refractivity contribution in [3.8, 4) is 5.88 Å². The van der Waals surface area contributed by atoms with Gasteiger partial charge in [0.05, 0.1) is 3.57 Å². The van der Waals surface area contributed by atoms with E-state index in [1.54, 1.807) is 22.6 Å². The van der Waals surface area contributed by atoms with Crippen LogP contribution in [-0.4, -0.2) is 11.3 Å². The maximum absolute atomic E-state index is 12.9. The summed E-state index contributed by atoms with van der Waals surface area (Å²) < 4.78 is 51.5. The number of hydrogen-bond donors (Lipinski definition) is 1.